The van der Waals surface area contributed by atoms with Gasteiger partial charge in [0, 0.05) is 0 Å². The van der Waals surface area contributed by atoms with Crippen LogP contribution in [0.4, 0.5) is 0 Å². The minimum absolute atomic E-state index is 0.0621. The van der Waals surface area contributed by atoms with Gasteiger partial charge in [-0.05, 0) is 16.7 Å². The molecule has 0 fully saturated rings. The Labute approximate surface area is 218 Å². The Morgan fingerprint density at radius 1 is 0.757 bits per heavy atom. The molecule has 9 heteroatoms. The lowest BCUT2D eigenvalue weighted by atomic mass is 10.1. The van der Waals surface area contributed by atoms with Gasteiger partial charge < -0.3 is 19.0 Å². The second-order valence-corrected chi connectivity index (χ2v) is 9.90. The summed E-state index contributed by atoms with van der Waals surface area (Å²) in [5.41, 5.74) is 2.78. The van der Waals surface area contributed by atoms with Gasteiger partial charge >= 0.3 is 0 Å². The molecule has 3 atom stereocenters. The molecule has 0 bridgehead atoms. The molecule has 0 unspecified atom stereocenters. The average Bonchev–Trinajstić information content (AvgIpc) is 2.90. The van der Waals surface area contributed by atoms with Crippen molar-refractivity contribution in [3.8, 4) is 0 Å². The molecule has 0 N–H and O–H groups in total. The summed E-state index contributed by atoms with van der Waals surface area (Å²) < 4.78 is 48.2. The number of oxime groups is 1. The molecular weight excluding hydrogens is 494 g/mol. The quantitative estimate of drug-likeness (QED) is 0.155. The molecule has 0 aromatic heterocycles. The smallest absolute Gasteiger partial charge is 0.264 e. The van der Waals surface area contributed by atoms with Gasteiger partial charge in [0.15, 0.2) is 0 Å². The maximum Gasteiger partial charge on any atom is 0.264 e. The average molecular weight is 528 g/mol. The van der Waals surface area contributed by atoms with Crippen molar-refractivity contribution in [1.82, 2.24) is 0 Å². The number of ether oxygens (including phenoxy) is 3. The third-order valence-electron chi connectivity index (χ3n) is 5.27. The van der Waals surface area contributed by atoms with E-state index in [-0.39, 0.29) is 26.4 Å². The van der Waals surface area contributed by atoms with Crippen LogP contribution in [0.1, 0.15) is 16.7 Å². The third kappa shape index (κ3) is 10.8. The van der Waals surface area contributed by atoms with Gasteiger partial charge in [-0.15, -0.1) is 0 Å². The first-order chi connectivity index (χ1) is 17.9. The highest BCUT2D eigenvalue weighted by molar-refractivity contribution is 7.86. The van der Waals surface area contributed by atoms with Gasteiger partial charge in [-0.1, -0.05) is 96.2 Å². The third-order valence-corrected chi connectivity index (χ3v) is 5.86. The zero-order valence-electron chi connectivity index (χ0n) is 21.0. The largest absolute Gasteiger partial charge is 0.399 e. The maximum atomic E-state index is 12.2. The van der Waals surface area contributed by atoms with Crippen LogP contribution in [0.15, 0.2) is 96.2 Å². The zero-order valence-corrected chi connectivity index (χ0v) is 21.8. The first kappa shape index (κ1) is 28.5. The monoisotopic (exact) mass is 527 g/mol. The highest BCUT2D eigenvalue weighted by Crippen LogP contribution is 2.19. The SMILES string of the molecule is CON=C[C@@H](OCc1ccccc1)[C@@H](OCc1ccccc1)[C@@H](COCc1ccccc1)OS(C)(=O)=O. The van der Waals surface area contributed by atoms with Crippen LogP contribution in [0, 0.1) is 0 Å². The van der Waals surface area contributed by atoms with E-state index in [2.05, 4.69) is 5.16 Å². The maximum absolute atomic E-state index is 12.2. The fourth-order valence-corrected chi connectivity index (χ4v) is 4.17. The molecule has 37 heavy (non-hydrogen) atoms. The van der Waals surface area contributed by atoms with E-state index in [1.54, 1.807) is 0 Å². The van der Waals surface area contributed by atoms with Crippen LogP contribution >= 0.6 is 0 Å². The molecule has 0 saturated carbocycles. The summed E-state index contributed by atoms with van der Waals surface area (Å²) in [4.78, 5) is 4.90. The summed E-state index contributed by atoms with van der Waals surface area (Å²) in [6.45, 7) is 0.647. The van der Waals surface area contributed by atoms with Crippen molar-refractivity contribution in [2.24, 2.45) is 5.16 Å². The summed E-state index contributed by atoms with van der Waals surface area (Å²) in [6, 6.07) is 28.7. The molecule has 0 saturated heterocycles. The predicted molar refractivity (Wildman–Crippen MR) is 141 cm³/mol. The number of rotatable bonds is 16. The Balaban J connectivity index is 1.85. The van der Waals surface area contributed by atoms with Crippen molar-refractivity contribution in [2.45, 2.75) is 38.1 Å². The molecule has 198 valence electrons. The zero-order chi connectivity index (χ0) is 26.3. The lowest BCUT2D eigenvalue weighted by molar-refractivity contribution is -0.118. The molecule has 3 aromatic carbocycles. The Bertz CT molecular complexity index is 1160. The Morgan fingerprint density at radius 3 is 1.73 bits per heavy atom. The minimum Gasteiger partial charge on any atom is -0.399 e. The molecule has 0 aliphatic heterocycles. The van der Waals surface area contributed by atoms with Crippen LogP contribution in [0.3, 0.4) is 0 Å². The first-order valence-electron chi connectivity index (χ1n) is 11.8. The molecule has 0 radical (unpaired) electrons. The number of hydrogen-bond acceptors (Lipinski definition) is 8. The standard InChI is InChI=1S/C28H33NO7S/c1-32-29-18-26(34-20-24-14-8-4-9-15-24)28(35-21-25-16-10-5-11-17-25)27(36-37(2,30)31)22-33-19-23-12-6-3-7-13-23/h3-18,26-28H,19-22H2,1-2H3/t26-,27-,28-/m1/s1. The molecule has 0 spiro atoms. The van der Waals surface area contributed by atoms with E-state index in [0.29, 0.717) is 0 Å². The summed E-state index contributed by atoms with van der Waals surface area (Å²) in [7, 11) is -2.44. The molecule has 0 heterocycles. The van der Waals surface area contributed by atoms with Crippen LogP contribution in [-0.2, 0) is 53.2 Å². The molecule has 8 nitrogen and oxygen atoms in total. The molecule has 3 aromatic rings. The van der Waals surface area contributed by atoms with Gasteiger partial charge in [-0.3, -0.25) is 4.18 Å². The van der Waals surface area contributed by atoms with Crippen LogP contribution in [0.5, 0.6) is 0 Å². The normalized spacial score (nSPS) is 14.3. The molecule has 0 amide bonds. The Hall–Kier alpha value is -3.08. The van der Waals surface area contributed by atoms with Crippen LogP contribution in [0.2, 0.25) is 0 Å². The summed E-state index contributed by atoms with van der Waals surface area (Å²) in [5.74, 6) is 0. The number of nitrogens with zero attached hydrogens (tertiary/aromatic N) is 1. The number of hydrogen-bond donors (Lipinski definition) is 0. The van der Waals surface area contributed by atoms with Crippen LogP contribution in [-0.4, -0.2) is 52.9 Å². The number of benzene rings is 3. The fourth-order valence-electron chi connectivity index (χ4n) is 3.56. The van der Waals surface area contributed by atoms with E-state index in [1.807, 2.05) is 91.0 Å². The van der Waals surface area contributed by atoms with Gasteiger partial charge in [0.25, 0.3) is 10.1 Å². The van der Waals surface area contributed by atoms with E-state index in [4.69, 9.17) is 23.2 Å². The van der Waals surface area contributed by atoms with Gasteiger partial charge in [-0.2, -0.15) is 8.42 Å². The van der Waals surface area contributed by atoms with Crippen molar-refractivity contribution in [2.75, 3.05) is 20.0 Å². The minimum atomic E-state index is -3.86. The van der Waals surface area contributed by atoms with E-state index in [1.165, 1.54) is 13.3 Å². The molecular formula is C28H33NO7S. The van der Waals surface area contributed by atoms with Crippen molar-refractivity contribution >= 4 is 16.3 Å². The van der Waals surface area contributed by atoms with Crippen molar-refractivity contribution in [3.05, 3.63) is 108 Å². The fraction of sp³-hybridized carbons (Fsp3) is 0.321. The van der Waals surface area contributed by atoms with Gasteiger partial charge in [0.1, 0.15) is 25.4 Å². The Kier molecular flexibility index (Phi) is 11.7. The van der Waals surface area contributed by atoms with Crippen LogP contribution < -0.4 is 0 Å². The van der Waals surface area contributed by atoms with Gasteiger partial charge in [0.05, 0.1) is 38.9 Å². The summed E-state index contributed by atoms with van der Waals surface area (Å²) in [6.07, 6.45) is -0.293. The second kappa shape index (κ2) is 15.2. The topological polar surface area (TPSA) is 92.7 Å². The molecule has 0 aliphatic carbocycles. The van der Waals surface area contributed by atoms with E-state index < -0.39 is 28.4 Å². The van der Waals surface area contributed by atoms with Crippen molar-refractivity contribution in [3.63, 3.8) is 0 Å². The molecule has 0 aliphatic rings. The molecule has 3 rings (SSSR count). The highest BCUT2D eigenvalue weighted by atomic mass is 32.2. The summed E-state index contributed by atoms with van der Waals surface area (Å²) in [5, 5.41) is 3.89. The summed E-state index contributed by atoms with van der Waals surface area (Å²) >= 11 is 0. The van der Waals surface area contributed by atoms with E-state index >= 15 is 0 Å². The van der Waals surface area contributed by atoms with Gasteiger partial charge in [-0.25, -0.2) is 0 Å². The van der Waals surface area contributed by atoms with Crippen LogP contribution in [0.25, 0.3) is 0 Å². The highest BCUT2D eigenvalue weighted by Gasteiger charge is 2.34. The lowest BCUT2D eigenvalue weighted by Crippen LogP contribution is -2.46. The lowest BCUT2D eigenvalue weighted by Gasteiger charge is -2.31. The van der Waals surface area contributed by atoms with E-state index in [9.17, 15) is 8.42 Å². The van der Waals surface area contributed by atoms with E-state index in [0.717, 1.165) is 22.9 Å². The van der Waals surface area contributed by atoms with Crippen molar-refractivity contribution < 1.29 is 31.6 Å². The second-order valence-electron chi connectivity index (χ2n) is 8.30. The Morgan fingerprint density at radius 2 is 1.24 bits per heavy atom. The first-order valence-corrected chi connectivity index (χ1v) is 13.6. The predicted octanol–water partition coefficient (Wildman–Crippen LogP) is 4.35. The van der Waals surface area contributed by atoms with Gasteiger partial charge in [0.2, 0.25) is 0 Å². The van der Waals surface area contributed by atoms with Crippen molar-refractivity contribution in [1.29, 1.82) is 0 Å².